The Balaban J connectivity index is 1.79. The molecule has 1 aliphatic rings. The zero-order chi connectivity index (χ0) is 16.8. The fourth-order valence-electron chi connectivity index (χ4n) is 3.07. The van der Waals surface area contributed by atoms with Crippen molar-refractivity contribution < 1.29 is 4.74 Å². The number of H-pyrrole nitrogens is 1. The number of aromatic nitrogens is 3. The highest BCUT2D eigenvalue weighted by molar-refractivity contribution is 7.71. The van der Waals surface area contributed by atoms with Crippen LogP contribution in [0, 0.1) is 4.77 Å². The molecular weight excluding hydrogens is 320 g/mol. The minimum Gasteiger partial charge on any atom is -0.494 e. The third-order valence-electron chi connectivity index (χ3n) is 4.30. The van der Waals surface area contributed by atoms with Crippen molar-refractivity contribution in [2.75, 3.05) is 6.61 Å². The molecule has 1 aliphatic carbocycles. The van der Waals surface area contributed by atoms with E-state index in [1.807, 2.05) is 30.5 Å². The van der Waals surface area contributed by atoms with E-state index in [0.717, 1.165) is 43.0 Å². The smallest absolute Gasteiger partial charge is 0.216 e. The first-order chi connectivity index (χ1) is 11.8. The fourth-order valence-corrected chi connectivity index (χ4v) is 3.26. The molecule has 1 aromatic heterocycles. The summed E-state index contributed by atoms with van der Waals surface area (Å²) in [6, 6.07) is 7.93. The van der Waals surface area contributed by atoms with Gasteiger partial charge in [0.25, 0.3) is 0 Å². The highest BCUT2D eigenvalue weighted by atomic mass is 32.1. The van der Waals surface area contributed by atoms with Crippen molar-refractivity contribution in [3.8, 4) is 5.75 Å². The van der Waals surface area contributed by atoms with Gasteiger partial charge in [0.2, 0.25) is 4.77 Å². The molecule has 2 aromatic rings. The molecule has 3 rings (SSSR count). The van der Waals surface area contributed by atoms with Crippen molar-refractivity contribution in [2.45, 2.75) is 51.4 Å². The number of aromatic amines is 1. The Labute approximate surface area is 147 Å². The number of rotatable bonds is 6. The molecule has 0 radical (unpaired) electrons. The molecule has 24 heavy (non-hydrogen) atoms. The zero-order valence-corrected chi connectivity index (χ0v) is 14.9. The molecule has 0 saturated heterocycles. The van der Waals surface area contributed by atoms with Crippen molar-refractivity contribution in [3.63, 3.8) is 0 Å². The molecule has 128 valence electrons. The van der Waals surface area contributed by atoms with Crippen molar-refractivity contribution in [1.29, 1.82) is 0 Å². The van der Waals surface area contributed by atoms with E-state index in [2.05, 4.69) is 22.2 Å². The maximum atomic E-state index is 5.67. The number of benzene rings is 1. The monoisotopic (exact) mass is 344 g/mol. The molecule has 0 bridgehead atoms. The summed E-state index contributed by atoms with van der Waals surface area (Å²) in [6.45, 7) is 2.82. The van der Waals surface area contributed by atoms with Crippen LogP contribution in [0.15, 0.2) is 29.4 Å². The summed E-state index contributed by atoms with van der Waals surface area (Å²) in [4.78, 5) is 0. The van der Waals surface area contributed by atoms with Crippen LogP contribution >= 0.6 is 12.2 Å². The predicted octanol–water partition coefficient (Wildman–Crippen LogP) is 4.66. The Morgan fingerprint density at radius 1 is 1.38 bits per heavy atom. The van der Waals surface area contributed by atoms with Gasteiger partial charge in [-0.25, -0.2) is 0 Å². The van der Waals surface area contributed by atoms with Crippen LogP contribution in [0.25, 0.3) is 0 Å². The second-order valence-corrected chi connectivity index (χ2v) is 6.59. The summed E-state index contributed by atoms with van der Waals surface area (Å²) < 4.78 is 7.98. The summed E-state index contributed by atoms with van der Waals surface area (Å²) in [5.41, 5.74) is 0.987. The van der Waals surface area contributed by atoms with Gasteiger partial charge in [0, 0.05) is 5.92 Å². The Morgan fingerprint density at radius 3 is 3.00 bits per heavy atom. The van der Waals surface area contributed by atoms with E-state index in [1.165, 1.54) is 19.3 Å². The van der Waals surface area contributed by atoms with Crippen LogP contribution in [0.4, 0.5) is 0 Å². The molecule has 0 amide bonds. The van der Waals surface area contributed by atoms with Crippen molar-refractivity contribution >= 4 is 18.4 Å². The molecule has 1 aromatic carbocycles. The van der Waals surface area contributed by atoms with Gasteiger partial charge in [0.1, 0.15) is 5.75 Å². The van der Waals surface area contributed by atoms with E-state index in [1.54, 1.807) is 4.68 Å². The number of hydrogen-bond acceptors (Lipinski definition) is 4. The van der Waals surface area contributed by atoms with E-state index in [0.29, 0.717) is 10.7 Å². The Kier molecular flexibility index (Phi) is 5.80. The van der Waals surface area contributed by atoms with Gasteiger partial charge in [0.15, 0.2) is 5.82 Å². The van der Waals surface area contributed by atoms with Gasteiger partial charge >= 0.3 is 0 Å². The maximum Gasteiger partial charge on any atom is 0.216 e. The van der Waals surface area contributed by atoms with Crippen LogP contribution in [0.1, 0.15) is 62.8 Å². The third kappa shape index (κ3) is 4.12. The average Bonchev–Trinajstić information content (AvgIpc) is 3.00. The van der Waals surface area contributed by atoms with Crippen LogP contribution in [0.2, 0.25) is 0 Å². The van der Waals surface area contributed by atoms with Gasteiger partial charge in [-0.15, -0.1) is 0 Å². The summed E-state index contributed by atoms with van der Waals surface area (Å²) >= 11 is 5.35. The first-order valence-corrected chi connectivity index (χ1v) is 9.13. The van der Waals surface area contributed by atoms with Crippen LogP contribution in [0.3, 0.4) is 0 Å². The molecule has 0 atom stereocenters. The molecule has 1 fully saturated rings. The second-order valence-electron chi connectivity index (χ2n) is 6.20. The number of nitrogens with one attached hydrogen (secondary N) is 1. The third-order valence-corrected chi connectivity index (χ3v) is 4.56. The average molecular weight is 344 g/mol. The lowest BCUT2D eigenvalue weighted by Gasteiger charge is -2.19. The molecule has 0 aliphatic heterocycles. The largest absolute Gasteiger partial charge is 0.494 e. The standard InChI is InChI=1S/C18H24N4OS/c1-2-11-23-16-10-6-7-14(12-16)13-19-22-17(20-21-18(22)24)15-8-4-3-5-9-15/h6-7,10,12-13,15H,2-5,8-9,11H2,1H3,(H,21,24)/b19-13-. The fraction of sp³-hybridized carbons (Fsp3) is 0.500. The molecule has 1 N–H and O–H groups in total. The van der Waals surface area contributed by atoms with Crippen LogP contribution in [0.5, 0.6) is 5.75 Å². The summed E-state index contributed by atoms with van der Waals surface area (Å²) in [7, 11) is 0. The normalized spacial score (nSPS) is 15.9. The molecule has 1 saturated carbocycles. The molecule has 1 heterocycles. The second kappa shape index (κ2) is 8.24. The van der Waals surface area contributed by atoms with Gasteiger partial charge in [0.05, 0.1) is 12.8 Å². The lowest BCUT2D eigenvalue weighted by molar-refractivity contribution is 0.317. The molecule has 0 unspecified atom stereocenters. The lowest BCUT2D eigenvalue weighted by Crippen LogP contribution is -2.10. The van der Waals surface area contributed by atoms with Crippen molar-refractivity contribution in [3.05, 3.63) is 40.4 Å². The van der Waals surface area contributed by atoms with Crippen molar-refractivity contribution in [1.82, 2.24) is 14.9 Å². The Hall–Kier alpha value is -1.95. The van der Waals surface area contributed by atoms with E-state index in [4.69, 9.17) is 17.0 Å². The van der Waals surface area contributed by atoms with Gasteiger partial charge in [-0.2, -0.15) is 14.9 Å². The summed E-state index contributed by atoms with van der Waals surface area (Å²) in [5.74, 6) is 2.27. The van der Waals surface area contributed by atoms with Gasteiger partial charge in [-0.1, -0.05) is 38.3 Å². The number of ether oxygens (including phenoxy) is 1. The van der Waals surface area contributed by atoms with Gasteiger partial charge in [-0.05, 0) is 49.2 Å². The Morgan fingerprint density at radius 2 is 2.21 bits per heavy atom. The SMILES string of the molecule is CCCOc1cccc(/C=N\n2c(C3CCCCC3)n[nH]c2=S)c1. The van der Waals surface area contributed by atoms with Gasteiger partial charge in [-0.3, -0.25) is 5.10 Å². The maximum absolute atomic E-state index is 5.67. The quantitative estimate of drug-likeness (QED) is 0.612. The van der Waals surface area contributed by atoms with Crippen molar-refractivity contribution in [2.24, 2.45) is 5.10 Å². The molecule has 6 heteroatoms. The molecule has 5 nitrogen and oxygen atoms in total. The van der Waals surface area contributed by atoms with E-state index in [9.17, 15) is 0 Å². The highest BCUT2D eigenvalue weighted by Crippen LogP contribution is 2.31. The first kappa shape index (κ1) is 16.9. The number of nitrogens with zero attached hydrogens (tertiary/aromatic N) is 3. The lowest BCUT2D eigenvalue weighted by atomic mass is 9.89. The minimum absolute atomic E-state index is 0.447. The summed E-state index contributed by atoms with van der Waals surface area (Å²) in [5, 5.41) is 11.9. The predicted molar refractivity (Wildman–Crippen MR) is 98.5 cm³/mol. The molecule has 0 spiro atoms. The van der Waals surface area contributed by atoms with Crippen LogP contribution in [-0.4, -0.2) is 27.7 Å². The van der Waals surface area contributed by atoms with Gasteiger partial charge < -0.3 is 4.74 Å². The van der Waals surface area contributed by atoms with E-state index >= 15 is 0 Å². The van der Waals surface area contributed by atoms with Crippen LogP contribution in [-0.2, 0) is 0 Å². The highest BCUT2D eigenvalue weighted by Gasteiger charge is 2.21. The topological polar surface area (TPSA) is 55.2 Å². The number of hydrogen-bond donors (Lipinski definition) is 1. The first-order valence-electron chi connectivity index (χ1n) is 8.72. The summed E-state index contributed by atoms with van der Waals surface area (Å²) in [6.07, 6.45) is 8.96. The molecular formula is C18H24N4OS. The Bertz CT molecular complexity index is 743. The van der Waals surface area contributed by atoms with Crippen LogP contribution < -0.4 is 4.74 Å². The zero-order valence-electron chi connectivity index (χ0n) is 14.1. The van der Waals surface area contributed by atoms with E-state index < -0.39 is 0 Å². The van der Waals surface area contributed by atoms with E-state index in [-0.39, 0.29) is 0 Å². The minimum atomic E-state index is 0.447.